The summed E-state index contributed by atoms with van der Waals surface area (Å²) < 4.78 is 15.7. The number of hydrogen-bond donors (Lipinski definition) is 1. The third kappa shape index (κ3) is 8.72. The predicted molar refractivity (Wildman–Crippen MR) is 136 cm³/mol. The van der Waals surface area contributed by atoms with Gasteiger partial charge in [0.15, 0.2) is 0 Å². The number of carbonyl (C=O) groups is 2. The Labute approximate surface area is 207 Å². The first-order chi connectivity index (χ1) is 16.9. The fraction of sp³-hybridized carbons (Fsp3) is 0.444. The molecule has 1 fully saturated rings. The number of nitrogens with one attached hydrogen (secondary N) is 1. The van der Waals surface area contributed by atoms with E-state index in [9.17, 15) is 9.59 Å². The van der Waals surface area contributed by atoms with Gasteiger partial charge in [0.05, 0.1) is 45.2 Å². The lowest BCUT2D eigenvalue weighted by Crippen LogP contribution is -2.32. The van der Waals surface area contributed by atoms with E-state index in [1.54, 1.807) is 0 Å². The second-order valence-electron chi connectivity index (χ2n) is 8.49. The third-order valence-corrected chi connectivity index (χ3v) is 5.65. The Balaban J connectivity index is 0.000000371. The zero-order valence-corrected chi connectivity index (χ0v) is 20.8. The van der Waals surface area contributed by atoms with Crippen LogP contribution in [0.25, 0.3) is 0 Å². The Kier molecular flexibility index (Phi) is 10.1. The summed E-state index contributed by atoms with van der Waals surface area (Å²) in [6.07, 6.45) is 4.84. The van der Waals surface area contributed by atoms with Crippen molar-refractivity contribution in [1.82, 2.24) is 5.01 Å². The zero-order valence-electron chi connectivity index (χ0n) is 20.8. The highest BCUT2D eigenvalue weighted by Crippen LogP contribution is 2.28. The Morgan fingerprint density at radius 2 is 1.89 bits per heavy atom. The van der Waals surface area contributed by atoms with Crippen molar-refractivity contribution in [2.45, 2.75) is 46.1 Å². The van der Waals surface area contributed by atoms with Gasteiger partial charge in [0.2, 0.25) is 0 Å². The minimum Gasteiger partial charge on any atom is -0.493 e. The van der Waals surface area contributed by atoms with Gasteiger partial charge in [-0.25, -0.2) is 0 Å². The summed E-state index contributed by atoms with van der Waals surface area (Å²) in [6.45, 7) is 9.05. The number of fused-ring (bicyclic) bond motifs is 1. The lowest BCUT2D eigenvalue weighted by molar-refractivity contribution is -0.145. The number of hydrogen-bond acceptors (Lipinski definition) is 7. The van der Waals surface area contributed by atoms with Gasteiger partial charge >= 0.3 is 5.97 Å². The molecule has 8 heteroatoms. The van der Waals surface area contributed by atoms with Crippen molar-refractivity contribution in [2.24, 2.45) is 5.10 Å². The van der Waals surface area contributed by atoms with Gasteiger partial charge in [-0.05, 0) is 55.5 Å². The first-order valence-electron chi connectivity index (χ1n) is 12.2. The van der Waals surface area contributed by atoms with E-state index < -0.39 is 0 Å². The van der Waals surface area contributed by atoms with Crippen molar-refractivity contribution in [3.8, 4) is 5.75 Å². The van der Waals surface area contributed by atoms with E-state index in [1.165, 1.54) is 12.5 Å². The number of amides is 1. The average Bonchev–Trinajstić information content (AvgIpc) is 2.88. The number of hydrazone groups is 1. The summed E-state index contributed by atoms with van der Waals surface area (Å²) in [5, 5.41) is 9.38. The van der Waals surface area contributed by atoms with Crippen LogP contribution in [0, 0.1) is 0 Å². The quantitative estimate of drug-likeness (QED) is 0.489. The van der Waals surface area contributed by atoms with Crippen LogP contribution in [0.15, 0.2) is 47.6 Å². The summed E-state index contributed by atoms with van der Waals surface area (Å²) in [5.74, 6) is 0.537. The van der Waals surface area contributed by atoms with Crippen LogP contribution in [0.5, 0.6) is 5.75 Å². The van der Waals surface area contributed by atoms with Crippen molar-refractivity contribution < 1.29 is 23.8 Å². The van der Waals surface area contributed by atoms with Crippen molar-refractivity contribution in [3.63, 3.8) is 0 Å². The molecule has 1 atom stereocenters. The smallest absolute Gasteiger partial charge is 0.302 e. The van der Waals surface area contributed by atoms with Crippen molar-refractivity contribution >= 4 is 23.8 Å². The third-order valence-electron chi connectivity index (χ3n) is 5.65. The number of benzene rings is 2. The number of anilines is 1. The first-order valence-corrected chi connectivity index (χ1v) is 12.2. The fourth-order valence-corrected chi connectivity index (χ4v) is 3.53. The molecule has 2 aromatic carbocycles. The molecule has 2 aliphatic heterocycles. The molecule has 1 unspecified atom stereocenters. The minimum atomic E-state index is -0.195. The molecule has 4 rings (SSSR count). The molecule has 188 valence electrons. The summed E-state index contributed by atoms with van der Waals surface area (Å²) in [6, 6.07) is 13.3. The van der Waals surface area contributed by atoms with Gasteiger partial charge in [0, 0.05) is 24.2 Å². The molecule has 1 N–H and O–H groups in total. The van der Waals surface area contributed by atoms with Gasteiger partial charge in [-0.1, -0.05) is 25.1 Å². The Hall–Kier alpha value is -3.39. The molecular formula is C27H35N3O5. The maximum atomic E-state index is 12.5. The van der Waals surface area contributed by atoms with Gasteiger partial charge in [0.25, 0.3) is 5.91 Å². The highest BCUT2D eigenvalue weighted by molar-refractivity contribution is 6.04. The van der Waals surface area contributed by atoms with Gasteiger partial charge < -0.3 is 19.5 Å². The molecule has 0 saturated carbocycles. The summed E-state index contributed by atoms with van der Waals surface area (Å²) >= 11 is 0. The van der Waals surface area contributed by atoms with Crippen LogP contribution in [0.3, 0.4) is 0 Å². The first kappa shape index (κ1) is 26.2. The number of morpholine rings is 1. The second kappa shape index (κ2) is 13.5. The van der Waals surface area contributed by atoms with E-state index in [0.717, 1.165) is 56.0 Å². The number of esters is 1. The van der Waals surface area contributed by atoms with Crippen LogP contribution in [-0.2, 0) is 20.7 Å². The number of rotatable bonds is 6. The number of carbonyl (C=O) groups excluding carboxylic acids is 2. The SMILES string of the molecule is CCC(C)OC(C)=O.O=C(Nc1ccc2c(c1)OCCC2)c1ccc(C=NN2CCOCC2)cc1. The lowest BCUT2D eigenvalue weighted by atomic mass is 10.1. The topological polar surface area (TPSA) is 89.5 Å². The molecule has 2 aliphatic rings. The van der Waals surface area contributed by atoms with Crippen molar-refractivity contribution in [1.29, 1.82) is 0 Å². The fourth-order valence-electron chi connectivity index (χ4n) is 3.53. The van der Waals surface area contributed by atoms with E-state index in [4.69, 9.17) is 14.2 Å². The van der Waals surface area contributed by atoms with Crippen molar-refractivity contribution in [2.75, 3.05) is 38.2 Å². The van der Waals surface area contributed by atoms with Gasteiger partial charge in [-0.3, -0.25) is 14.6 Å². The van der Waals surface area contributed by atoms with Gasteiger partial charge in [-0.2, -0.15) is 5.10 Å². The average molecular weight is 482 g/mol. The zero-order chi connectivity index (χ0) is 25.0. The van der Waals surface area contributed by atoms with E-state index in [1.807, 2.05) is 67.5 Å². The van der Waals surface area contributed by atoms with Crippen LogP contribution < -0.4 is 10.1 Å². The highest BCUT2D eigenvalue weighted by atomic mass is 16.5. The van der Waals surface area contributed by atoms with Gasteiger partial charge in [0.1, 0.15) is 5.75 Å². The normalized spacial score (nSPS) is 15.8. The van der Waals surface area contributed by atoms with E-state index in [2.05, 4.69) is 10.4 Å². The Morgan fingerprint density at radius 1 is 1.14 bits per heavy atom. The molecule has 1 amide bonds. The Bertz CT molecular complexity index is 1000. The Morgan fingerprint density at radius 3 is 2.54 bits per heavy atom. The standard InChI is InChI=1S/C21H23N3O3.C6H12O2/c25-21(23-19-8-7-17-2-1-11-27-20(17)14-19)18-5-3-16(4-6-18)15-22-24-9-12-26-13-10-24;1-4-5(2)8-6(3)7/h3-8,14-15H,1-2,9-13H2,(H,23,25);5H,4H2,1-3H3. The van der Waals surface area contributed by atoms with Crippen molar-refractivity contribution in [3.05, 3.63) is 59.2 Å². The monoisotopic (exact) mass is 481 g/mol. The molecule has 1 saturated heterocycles. The van der Waals surface area contributed by atoms with Crippen LogP contribution in [0.2, 0.25) is 0 Å². The molecule has 8 nitrogen and oxygen atoms in total. The van der Waals surface area contributed by atoms with Crippen LogP contribution in [0.1, 0.15) is 55.1 Å². The molecule has 35 heavy (non-hydrogen) atoms. The molecule has 0 aliphatic carbocycles. The van der Waals surface area contributed by atoms with Crippen LogP contribution in [0.4, 0.5) is 5.69 Å². The summed E-state index contributed by atoms with van der Waals surface area (Å²) in [5.41, 5.74) is 3.51. The predicted octanol–water partition coefficient (Wildman–Crippen LogP) is 4.28. The molecular weight excluding hydrogens is 446 g/mol. The highest BCUT2D eigenvalue weighted by Gasteiger charge is 2.12. The van der Waals surface area contributed by atoms with Crippen LogP contribution in [-0.4, -0.2) is 62.1 Å². The molecule has 0 aromatic heterocycles. The second-order valence-corrected chi connectivity index (χ2v) is 8.49. The number of nitrogens with zero attached hydrogens (tertiary/aromatic N) is 2. The largest absolute Gasteiger partial charge is 0.493 e. The minimum absolute atomic E-state index is 0.0764. The molecule has 0 radical (unpaired) electrons. The molecule has 2 aromatic rings. The number of aryl methyl sites for hydroxylation is 1. The molecule has 2 heterocycles. The maximum Gasteiger partial charge on any atom is 0.302 e. The van der Waals surface area contributed by atoms with E-state index in [0.29, 0.717) is 18.8 Å². The summed E-state index contributed by atoms with van der Waals surface area (Å²) in [4.78, 5) is 22.7. The van der Waals surface area contributed by atoms with E-state index in [-0.39, 0.29) is 18.0 Å². The molecule has 0 spiro atoms. The van der Waals surface area contributed by atoms with Gasteiger partial charge in [-0.15, -0.1) is 0 Å². The molecule has 0 bridgehead atoms. The van der Waals surface area contributed by atoms with E-state index >= 15 is 0 Å². The lowest BCUT2D eigenvalue weighted by Gasteiger charge is -2.23. The van der Waals surface area contributed by atoms with Crippen LogP contribution >= 0.6 is 0 Å². The maximum absolute atomic E-state index is 12.5. The summed E-state index contributed by atoms with van der Waals surface area (Å²) in [7, 11) is 0. The number of ether oxygens (including phenoxy) is 3.